The molecule has 0 heterocycles. The Kier molecular flexibility index (Phi) is 3.63. The Bertz CT molecular complexity index is 405. The first-order valence-corrected chi connectivity index (χ1v) is 6.56. The average molecular weight is 231 g/mol. The van der Waals surface area contributed by atoms with E-state index < -0.39 is 0 Å². The molecule has 0 amide bonds. The highest BCUT2D eigenvalue weighted by molar-refractivity contribution is 6.01. The molecular weight excluding hydrogens is 210 g/mol. The predicted octanol–water partition coefficient (Wildman–Crippen LogP) is 2.95. The first-order valence-electron chi connectivity index (χ1n) is 6.56. The molecule has 1 aliphatic rings. The Morgan fingerprint density at radius 3 is 2.65 bits per heavy atom. The number of Topliss-reactive ketones (excluding diaryl/α,β-unsaturated/α-hetero) is 1. The molecular formula is C15H21NO. The Balaban J connectivity index is 2.29. The second kappa shape index (κ2) is 5.01. The molecule has 1 saturated carbocycles. The number of carbonyl (C=O) groups is 1. The standard InChI is InChI=1S/C15H21NO/c1-2-12-6-5-7-13(10-12)14(17)15(11-16)8-3-4-9-15/h5-7,10H,2-4,8-9,11,16H2,1H3. The van der Waals surface area contributed by atoms with E-state index in [0.29, 0.717) is 6.54 Å². The maximum Gasteiger partial charge on any atom is 0.170 e. The van der Waals surface area contributed by atoms with Crippen LogP contribution in [0.3, 0.4) is 0 Å². The summed E-state index contributed by atoms with van der Waals surface area (Å²) in [6.07, 6.45) is 5.15. The zero-order chi connectivity index (χ0) is 12.3. The van der Waals surface area contributed by atoms with E-state index in [-0.39, 0.29) is 11.2 Å². The highest BCUT2D eigenvalue weighted by Gasteiger charge is 2.39. The summed E-state index contributed by atoms with van der Waals surface area (Å²) in [4.78, 5) is 12.6. The van der Waals surface area contributed by atoms with Gasteiger partial charge < -0.3 is 5.73 Å². The summed E-state index contributed by atoms with van der Waals surface area (Å²) in [7, 11) is 0. The minimum absolute atomic E-state index is 0.257. The van der Waals surface area contributed by atoms with Crippen LogP contribution >= 0.6 is 0 Å². The average Bonchev–Trinajstić information content (AvgIpc) is 2.88. The van der Waals surface area contributed by atoms with Gasteiger partial charge in [0.15, 0.2) is 5.78 Å². The molecule has 2 N–H and O–H groups in total. The lowest BCUT2D eigenvalue weighted by Crippen LogP contribution is -2.36. The summed E-state index contributed by atoms with van der Waals surface area (Å²) in [5, 5.41) is 0. The molecule has 0 unspecified atom stereocenters. The molecule has 0 saturated heterocycles. The number of carbonyl (C=O) groups excluding carboxylic acids is 1. The molecule has 2 heteroatoms. The fourth-order valence-electron chi connectivity index (χ4n) is 2.81. The number of hydrogen-bond acceptors (Lipinski definition) is 2. The zero-order valence-corrected chi connectivity index (χ0v) is 10.5. The molecule has 1 aromatic carbocycles. The molecule has 1 aliphatic carbocycles. The van der Waals surface area contributed by atoms with Crippen molar-refractivity contribution < 1.29 is 4.79 Å². The number of benzene rings is 1. The number of rotatable bonds is 4. The van der Waals surface area contributed by atoms with Crippen molar-refractivity contribution in [3.63, 3.8) is 0 Å². The van der Waals surface area contributed by atoms with Crippen molar-refractivity contribution >= 4 is 5.78 Å². The van der Waals surface area contributed by atoms with E-state index in [1.54, 1.807) is 0 Å². The van der Waals surface area contributed by atoms with Crippen LogP contribution in [0.15, 0.2) is 24.3 Å². The van der Waals surface area contributed by atoms with Gasteiger partial charge in [-0.2, -0.15) is 0 Å². The predicted molar refractivity (Wildman–Crippen MR) is 70.1 cm³/mol. The van der Waals surface area contributed by atoms with Crippen molar-refractivity contribution in [3.05, 3.63) is 35.4 Å². The number of hydrogen-bond donors (Lipinski definition) is 1. The quantitative estimate of drug-likeness (QED) is 0.810. The van der Waals surface area contributed by atoms with E-state index >= 15 is 0 Å². The van der Waals surface area contributed by atoms with E-state index in [9.17, 15) is 4.79 Å². The van der Waals surface area contributed by atoms with Gasteiger partial charge in [-0.15, -0.1) is 0 Å². The molecule has 1 aromatic rings. The minimum Gasteiger partial charge on any atom is -0.329 e. The van der Waals surface area contributed by atoms with Gasteiger partial charge in [-0.25, -0.2) is 0 Å². The lowest BCUT2D eigenvalue weighted by molar-refractivity contribution is 0.0810. The second-order valence-electron chi connectivity index (χ2n) is 5.07. The van der Waals surface area contributed by atoms with Gasteiger partial charge >= 0.3 is 0 Å². The maximum absolute atomic E-state index is 12.6. The van der Waals surface area contributed by atoms with E-state index in [1.807, 2.05) is 18.2 Å². The zero-order valence-electron chi connectivity index (χ0n) is 10.5. The van der Waals surface area contributed by atoms with Crippen molar-refractivity contribution in [2.45, 2.75) is 39.0 Å². The largest absolute Gasteiger partial charge is 0.329 e. The van der Waals surface area contributed by atoms with E-state index in [2.05, 4.69) is 13.0 Å². The maximum atomic E-state index is 12.6. The molecule has 2 nitrogen and oxygen atoms in total. The highest BCUT2D eigenvalue weighted by atomic mass is 16.1. The number of aryl methyl sites for hydroxylation is 1. The summed E-state index contributed by atoms with van der Waals surface area (Å²) >= 11 is 0. The van der Waals surface area contributed by atoms with Gasteiger partial charge in [0.1, 0.15) is 0 Å². The molecule has 0 aliphatic heterocycles. The summed E-state index contributed by atoms with van der Waals surface area (Å²) in [6.45, 7) is 2.60. The monoisotopic (exact) mass is 231 g/mol. The van der Waals surface area contributed by atoms with Crippen LogP contribution in [-0.2, 0) is 6.42 Å². The lowest BCUT2D eigenvalue weighted by Gasteiger charge is -2.25. The third-order valence-electron chi connectivity index (χ3n) is 4.03. The molecule has 0 aromatic heterocycles. The van der Waals surface area contributed by atoms with Crippen molar-refractivity contribution in [1.82, 2.24) is 0 Å². The van der Waals surface area contributed by atoms with Gasteiger partial charge in [-0.3, -0.25) is 4.79 Å². The molecule has 92 valence electrons. The third kappa shape index (κ3) is 2.27. The van der Waals surface area contributed by atoms with Crippen LogP contribution in [0.1, 0.15) is 48.5 Å². The van der Waals surface area contributed by atoms with Crippen LogP contribution < -0.4 is 5.73 Å². The van der Waals surface area contributed by atoms with Crippen molar-refractivity contribution in [2.75, 3.05) is 6.54 Å². The molecule has 0 radical (unpaired) electrons. The fraction of sp³-hybridized carbons (Fsp3) is 0.533. The number of ketones is 1. The smallest absolute Gasteiger partial charge is 0.170 e. The summed E-state index contributed by atoms with van der Waals surface area (Å²) < 4.78 is 0. The SMILES string of the molecule is CCc1cccc(C(=O)C2(CN)CCCC2)c1. The molecule has 0 atom stereocenters. The van der Waals surface area contributed by atoms with Gasteiger partial charge in [-0.1, -0.05) is 38.0 Å². The third-order valence-corrected chi connectivity index (χ3v) is 4.03. The molecule has 2 rings (SSSR count). The summed E-state index contributed by atoms with van der Waals surface area (Å²) in [5.74, 6) is 0.257. The lowest BCUT2D eigenvalue weighted by atomic mass is 9.78. The molecule has 1 fully saturated rings. The first kappa shape index (κ1) is 12.3. The first-order chi connectivity index (χ1) is 8.22. The van der Waals surface area contributed by atoms with Crippen LogP contribution in [0.25, 0.3) is 0 Å². The summed E-state index contributed by atoms with van der Waals surface area (Å²) in [6, 6.07) is 8.00. The molecule has 0 bridgehead atoms. The Labute approximate surface area is 103 Å². The fourth-order valence-corrected chi connectivity index (χ4v) is 2.81. The minimum atomic E-state index is -0.271. The van der Waals surface area contributed by atoms with Crippen molar-refractivity contribution in [1.29, 1.82) is 0 Å². The van der Waals surface area contributed by atoms with Crippen LogP contribution in [0.5, 0.6) is 0 Å². The Hall–Kier alpha value is -1.15. The molecule has 17 heavy (non-hydrogen) atoms. The van der Waals surface area contributed by atoms with Crippen LogP contribution in [0, 0.1) is 5.41 Å². The van der Waals surface area contributed by atoms with E-state index in [0.717, 1.165) is 37.7 Å². The molecule has 0 spiro atoms. The topological polar surface area (TPSA) is 43.1 Å². The highest BCUT2D eigenvalue weighted by Crippen LogP contribution is 2.40. The van der Waals surface area contributed by atoms with E-state index in [1.165, 1.54) is 5.56 Å². The van der Waals surface area contributed by atoms with Gasteiger partial charge in [-0.05, 0) is 30.9 Å². The van der Waals surface area contributed by atoms with Gasteiger partial charge in [0, 0.05) is 17.5 Å². The normalized spacial score (nSPS) is 18.2. The summed E-state index contributed by atoms with van der Waals surface area (Å²) in [5.41, 5.74) is 7.65. The van der Waals surface area contributed by atoms with Crippen LogP contribution in [-0.4, -0.2) is 12.3 Å². The van der Waals surface area contributed by atoms with Crippen LogP contribution in [0.4, 0.5) is 0 Å². The van der Waals surface area contributed by atoms with Crippen molar-refractivity contribution in [3.8, 4) is 0 Å². The van der Waals surface area contributed by atoms with Gasteiger partial charge in [0.2, 0.25) is 0 Å². The van der Waals surface area contributed by atoms with Gasteiger partial charge in [0.25, 0.3) is 0 Å². The van der Waals surface area contributed by atoms with E-state index in [4.69, 9.17) is 5.73 Å². The second-order valence-corrected chi connectivity index (χ2v) is 5.07. The van der Waals surface area contributed by atoms with Crippen molar-refractivity contribution in [2.24, 2.45) is 11.1 Å². The Morgan fingerprint density at radius 1 is 1.35 bits per heavy atom. The van der Waals surface area contributed by atoms with Gasteiger partial charge in [0.05, 0.1) is 0 Å². The number of nitrogens with two attached hydrogens (primary N) is 1. The Morgan fingerprint density at radius 2 is 2.06 bits per heavy atom. The van der Waals surface area contributed by atoms with Crippen LogP contribution in [0.2, 0.25) is 0 Å².